The van der Waals surface area contributed by atoms with E-state index in [-0.39, 0.29) is 11.4 Å². The van der Waals surface area contributed by atoms with Crippen LogP contribution >= 0.6 is 23.1 Å². The predicted molar refractivity (Wildman–Crippen MR) is 122 cm³/mol. The second-order valence-electron chi connectivity index (χ2n) is 6.43. The van der Waals surface area contributed by atoms with Crippen LogP contribution in [0.15, 0.2) is 63.8 Å². The van der Waals surface area contributed by atoms with E-state index >= 15 is 0 Å². The Morgan fingerprint density at radius 3 is 2.60 bits per heavy atom. The van der Waals surface area contributed by atoms with Crippen LogP contribution in [0.4, 0.5) is 10.8 Å². The molecule has 2 aromatic carbocycles. The molecule has 3 rings (SSSR count). The van der Waals surface area contributed by atoms with Gasteiger partial charge in [0.1, 0.15) is 6.54 Å². The summed E-state index contributed by atoms with van der Waals surface area (Å²) in [6.07, 6.45) is 1.01. The van der Waals surface area contributed by atoms with Gasteiger partial charge in [-0.05, 0) is 43.2 Å². The van der Waals surface area contributed by atoms with Gasteiger partial charge in [-0.3, -0.25) is 14.4 Å². The van der Waals surface area contributed by atoms with Crippen molar-refractivity contribution in [3.05, 3.63) is 60.2 Å². The van der Waals surface area contributed by atoms with E-state index in [9.17, 15) is 13.2 Å². The van der Waals surface area contributed by atoms with Crippen molar-refractivity contribution < 1.29 is 13.2 Å². The predicted octanol–water partition coefficient (Wildman–Crippen LogP) is 4.18. The number of benzene rings is 2. The smallest absolute Gasteiger partial charge is 0.264 e. The molecule has 30 heavy (non-hydrogen) atoms. The number of amides is 1. The Balaban J connectivity index is 1.84. The first-order valence-corrected chi connectivity index (χ1v) is 12.5. The number of carbonyl (C=O) groups excluding carboxylic acids is 1. The van der Waals surface area contributed by atoms with Gasteiger partial charge in [-0.1, -0.05) is 60.4 Å². The molecule has 0 bridgehead atoms. The molecule has 0 aliphatic rings. The van der Waals surface area contributed by atoms with Crippen LogP contribution in [0.25, 0.3) is 0 Å². The number of aromatic nitrogens is 2. The topological polar surface area (TPSA) is 92.3 Å². The number of thioether (sulfide) groups is 1. The molecule has 1 aromatic heterocycles. The lowest BCUT2D eigenvalue weighted by atomic mass is 10.2. The van der Waals surface area contributed by atoms with Crippen LogP contribution in [0.2, 0.25) is 0 Å². The number of rotatable bonds is 9. The van der Waals surface area contributed by atoms with E-state index in [2.05, 4.69) is 22.4 Å². The van der Waals surface area contributed by atoms with Crippen molar-refractivity contribution in [2.24, 2.45) is 0 Å². The van der Waals surface area contributed by atoms with E-state index in [0.29, 0.717) is 10.8 Å². The fourth-order valence-electron chi connectivity index (χ4n) is 2.62. The van der Waals surface area contributed by atoms with Gasteiger partial charge in [0.25, 0.3) is 10.0 Å². The molecule has 0 fully saturated rings. The minimum Gasteiger partial charge on any atom is -0.299 e. The van der Waals surface area contributed by atoms with E-state index in [4.69, 9.17) is 0 Å². The van der Waals surface area contributed by atoms with Crippen LogP contribution in [0.5, 0.6) is 0 Å². The zero-order valence-electron chi connectivity index (χ0n) is 16.6. The lowest BCUT2D eigenvalue weighted by molar-refractivity contribution is -0.114. The number of aryl methyl sites for hydroxylation is 1. The highest BCUT2D eigenvalue weighted by Crippen LogP contribution is 2.27. The third-order valence-corrected chi connectivity index (χ3v) is 7.96. The van der Waals surface area contributed by atoms with Gasteiger partial charge in [0.15, 0.2) is 4.34 Å². The van der Waals surface area contributed by atoms with Crippen molar-refractivity contribution in [1.29, 1.82) is 0 Å². The molecule has 0 aliphatic heterocycles. The molecule has 10 heteroatoms. The SMILES string of the molecule is CCCSc1nnc(NC(=O)CN(c2cccc(C)c2)S(=O)(=O)c2ccccc2)s1. The summed E-state index contributed by atoms with van der Waals surface area (Å²) in [6, 6.07) is 15.1. The molecule has 158 valence electrons. The molecule has 0 radical (unpaired) electrons. The molecule has 0 atom stereocenters. The number of anilines is 2. The first-order valence-electron chi connectivity index (χ1n) is 9.30. The zero-order valence-corrected chi connectivity index (χ0v) is 19.1. The van der Waals surface area contributed by atoms with E-state index in [1.54, 1.807) is 48.2 Å². The molecule has 0 unspecified atom stereocenters. The van der Waals surface area contributed by atoms with E-state index in [1.165, 1.54) is 23.5 Å². The Hall–Kier alpha value is -2.43. The Labute approximate surface area is 184 Å². The Bertz CT molecular complexity index is 1100. The first kappa shape index (κ1) is 22.3. The molecular formula is C20H22N4O3S3. The second-order valence-corrected chi connectivity index (χ2v) is 10.6. The number of hydrogen-bond donors (Lipinski definition) is 1. The quantitative estimate of drug-likeness (QED) is 0.379. The van der Waals surface area contributed by atoms with E-state index in [1.807, 2.05) is 13.0 Å². The fraction of sp³-hybridized carbons (Fsp3) is 0.250. The highest BCUT2D eigenvalue weighted by molar-refractivity contribution is 8.01. The van der Waals surface area contributed by atoms with Crippen LogP contribution in [0, 0.1) is 6.92 Å². The van der Waals surface area contributed by atoms with Crippen LogP contribution in [0.1, 0.15) is 18.9 Å². The summed E-state index contributed by atoms with van der Waals surface area (Å²) in [5.41, 5.74) is 1.31. The maximum absolute atomic E-state index is 13.3. The van der Waals surface area contributed by atoms with Gasteiger partial charge in [-0.25, -0.2) is 8.42 Å². The van der Waals surface area contributed by atoms with Crippen LogP contribution in [-0.4, -0.2) is 36.8 Å². The van der Waals surface area contributed by atoms with Gasteiger partial charge in [-0.15, -0.1) is 10.2 Å². The highest BCUT2D eigenvalue weighted by atomic mass is 32.2. The maximum atomic E-state index is 13.3. The van der Waals surface area contributed by atoms with Crippen LogP contribution in [0.3, 0.4) is 0 Å². The summed E-state index contributed by atoms with van der Waals surface area (Å²) in [4.78, 5) is 12.8. The van der Waals surface area contributed by atoms with Crippen molar-refractivity contribution in [1.82, 2.24) is 10.2 Å². The first-order chi connectivity index (χ1) is 14.4. The monoisotopic (exact) mass is 462 g/mol. The summed E-state index contributed by atoms with van der Waals surface area (Å²) in [6.45, 7) is 3.56. The zero-order chi connectivity index (χ0) is 21.6. The summed E-state index contributed by atoms with van der Waals surface area (Å²) in [7, 11) is -3.93. The van der Waals surface area contributed by atoms with Crippen molar-refractivity contribution >= 4 is 49.8 Å². The lowest BCUT2D eigenvalue weighted by Gasteiger charge is -2.24. The molecule has 1 heterocycles. The standard InChI is InChI=1S/C20H22N4O3S3/c1-3-12-28-20-23-22-19(29-20)21-18(25)14-24(16-9-7-8-15(2)13-16)30(26,27)17-10-5-4-6-11-17/h4-11,13H,3,12,14H2,1-2H3,(H,21,22,25). The molecule has 3 aromatic rings. The van der Waals surface area contributed by atoms with E-state index < -0.39 is 15.9 Å². The molecule has 0 spiro atoms. The molecule has 1 N–H and O–H groups in total. The number of hydrogen-bond acceptors (Lipinski definition) is 7. The Morgan fingerprint density at radius 1 is 1.13 bits per heavy atom. The average Bonchev–Trinajstić information content (AvgIpc) is 3.18. The van der Waals surface area contributed by atoms with Crippen LogP contribution in [-0.2, 0) is 14.8 Å². The number of nitrogens with zero attached hydrogens (tertiary/aromatic N) is 3. The van der Waals surface area contributed by atoms with Crippen LogP contribution < -0.4 is 9.62 Å². The number of nitrogens with one attached hydrogen (secondary N) is 1. The van der Waals surface area contributed by atoms with Gasteiger partial charge >= 0.3 is 0 Å². The Morgan fingerprint density at radius 2 is 1.90 bits per heavy atom. The summed E-state index contributed by atoms with van der Waals surface area (Å²) in [5, 5.41) is 11.0. The third-order valence-electron chi connectivity index (χ3n) is 3.99. The lowest BCUT2D eigenvalue weighted by Crippen LogP contribution is -2.38. The minimum absolute atomic E-state index is 0.119. The molecule has 0 saturated heterocycles. The van der Waals surface area contributed by atoms with Gasteiger partial charge < -0.3 is 0 Å². The molecular weight excluding hydrogens is 440 g/mol. The fourth-order valence-corrected chi connectivity index (χ4v) is 5.74. The highest BCUT2D eigenvalue weighted by Gasteiger charge is 2.27. The van der Waals surface area contributed by atoms with Crippen molar-refractivity contribution in [2.75, 3.05) is 21.9 Å². The van der Waals surface area contributed by atoms with Gasteiger partial charge in [0, 0.05) is 5.75 Å². The largest absolute Gasteiger partial charge is 0.299 e. The van der Waals surface area contributed by atoms with Gasteiger partial charge in [-0.2, -0.15) is 0 Å². The summed E-state index contributed by atoms with van der Waals surface area (Å²) >= 11 is 2.84. The second kappa shape index (κ2) is 10.1. The van der Waals surface area contributed by atoms with E-state index in [0.717, 1.165) is 26.4 Å². The van der Waals surface area contributed by atoms with Crippen molar-refractivity contribution in [2.45, 2.75) is 29.5 Å². The average molecular weight is 463 g/mol. The van der Waals surface area contributed by atoms with Crippen molar-refractivity contribution in [3.63, 3.8) is 0 Å². The normalized spacial score (nSPS) is 11.3. The van der Waals surface area contributed by atoms with Crippen molar-refractivity contribution in [3.8, 4) is 0 Å². The molecule has 7 nitrogen and oxygen atoms in total. The molecule has 0 saturated carbocycles. The minimum atomic E-state index is -3.93. The molecule has 1 amide bonds. The summed E-state index contributed by atoms with van der Waals surface area (Å²) in [5.74, 6) is 0.429. The third kappa shape index (κ3) is 5.59. The molecule has 0 aliphatic carbocycles. The number of carbonyl (C=O) groups is 1. The van der Waals surface area contributed by atoms with Gasteiger partial charge in [0.2, 0.25) is 11.0 Å². The number of sulfonamides is 1. The summed E-state index contributed by atoms with van der Waals surface area (Å²) < 4.78 is 28.4. The van der Waals surface area contributed by atoms with Gasteiger partial charge in [0.05, 0.1) is 10.6 Å². The Kier molecular flexibility index (Phi) is 7.46. The maximum Gasteiger partial charge on any atom is 0.264 e.